The average molecular weight is 276 g/mol. The monoisotopic (exact) mass is 276 g/mol. The van der Waals surface area contributed by atoms with Crippen LogP contribution in [0.5, 0.6) is 0 Å². The van der Waals surface area contributed by atoms with Gasteiger partial charge in [0.05, 0.1) is 17.4 Å². The van der Waals surface area contributed by atoms with Crippen molar-refractivity contribution in [2.75, 3.05) is 5.32 Å². The molecule has 0 aromatic carbocycles. The zero-order chi connectivity index (χ0) is 13.7. The fraction of sp³-hybridized carbons (Fsp3) is 0.154. The number of hydrogen-bond donors (Lipinski definition) is 2. The first kappa shape index (κ1) is 13.2. The first-order valence-corrected chi connectivity index (χ1v) is 6.54. The molecule has 6 heteroatoms. The van der Waals surface area contributed by atoms with E-state index in [1.165, 1.54) is 18.5 Å². The molecule has 0 unspecified atom stereocenters. The zero-order valence-corrected chi connectivity index (χ0v) is 10.8. The van der Waals surface area contributed by atoms with E-state index < -0.39 is 5.97 Å². The normalized spacial score (nSPS) is 10.1. The minimum atomic E-state index is -1.09. The zero-order valence-electron chi connectivity index (χ0n) is 10.00. The van der Waals surface area contributed by atoms with E-state index in [9.17, 15) is 9.59 Å². The quantitative estimate of drug-likeness (QED) is 0.879. The van der Waals surface area contributed by atoms with Crippen LogP contribution in [0, 0.1) is 0 Å². The lowest BCUT2D eigenvalue weighted by molar-refractivity contribution is -0.116. The lowest BCUT2D eigenvalue weighted by Crippen LogP contribution is -2.15. The van der Waals surface area contributed by atoms with Crippen molar-refractivity contribution < 1.29 is 14.7 Å². The number of nitrogens with zero attached hydrogens (tertiary/aromatic N) is 1. The number of hydrogen-bond acceptors (Lipinski definition) is 4. The van der Waals surface area contributed by atoms with Gasteiger partial charge in [-0.15, -0.1) is 11.3 Å². The molecule has 0 fully saturated rings. The molecule has 1 amide bonds. The molecule has 0 bridgehead atoms. The molecule has 2 aromatic rings. The Bertz CT molecular complexity index is 581. The third-order valence-electron chi connectivity index (χ3n) is 2.50. The smallest absolute Gasteiger partial charge is 0.337 e. The summed E-state index contributed by atoms with van der Waals surface area (Å²) < 4.78 is 0. The van der Waals surface area contributed by atoms with Crippen molar-refractivity contribution in [3.63, 3.8) is 0 Å². The standard InChI is InChI=1S/C13H12N2O3S/c16-12(4-3-9-2-1-7-19-9)15-11-8-14-6-5-10(11)13(17)18/h1-2,5-8H,3-4H2,(H,15,16)(H,17,18). The number of thiophene rings is 1. The maximum atomic E-state index is 11.8. The molecule has 2 heterocycles. The van der Waals surface area contributed by atoms with Crippen LogP contribution in [0.4, 0.5) is 5.69 Å². The molecule has 2 aromatic heterocycles. The largest absolute Gasteiger partial charge is 0.478 e. The van der Waals surface area contributed by atoms with Crippen LogP contribution in [0.1, 0.15) is 21.7 Å². The molecule has 5 nitrogen and oxygen atoms in total. The van der Waals surface area contributed by atoms with Crippen LogP contribution in [-0.2, 0) is 11.2 Å². The number of anilines is 1. The molecule has 0 radical (unpaired) electrons. The Morgan fingerprint density at radius 3 is 2.89 bits per heavy atom. The molecule has 0 saturated heterocycles. The van der Waals surface area contributed by atoms with Gasteiger partial charge in [0, 0.05) is 17.5 Å². The van der Waals surface area contributed by atoms with Gasteiger partial charge in [0.15, 0.2) is 0 Å². The molecule has 0 aliphatic heterocycles. The minimum absolute atomic E-state index is 0.0412. The predicted octanol–water partition coefficient (Wildman–Crippen LogP) is 2.41. The highest BCUT2D eigenvalue weighted by Gasteiger charge is 2.12. The number of aromatic carboxylic acids is 1. The summed E-state index contributed by atoms with van der Waals surface area (Å²) in [5.41, 5.74) is 0.269. The maximum Gasteiger partial charge on any atom is 0.337 e. The summed E-state index contributed by atoms with van der Waals surface area (Å²) in [7, 11) is 0. The van der Waals surface area contributed by atoms with Crippen LogP contribution in [-0.4, -0.2) is 22.0 Å². The topological polar surface area (TPSA) is 79.3 Å². The van der Waals surface area contributed by atoms with Crippen molar-refractivity contribution in [2.45, 2.75) is 12.8 Å². The van der Waals surface area contributed by atoms with Crippen LogP contribution < -0.4 is 5.32 Å². The number of aryl methyl sites for hydroxylation is 1. The van der Waals surface area contributed by atoms with Crippen LogP contribution in [0.2, 0.25) is 0 Å². The van der Waals surface area contributed by atoms with E-state index >= 15 is 0 Å². The fourth-order valence-corrected chi connectivity index (χ4v) is 2.29. The molecule has 2 N–H and O–H groups in total. The number of nitrogens with one attached hydrogen (secondary N) is 1. The molecule has 0 saturated carbocycles. The molecule has 0 aliphatic carbocycles. The predicted molar refractivity (Wildman–Crippen MR) is 72.5 cm³/mol. The fourth-order valence-electron chi connectivity index (χ4n) is 1.58. The number of carbonyl (C=O) groups is 2. The molecule has 0 aliphatic rings. The molecule has 2 rings (SSSR count). The van der Waals surface area contributed by atoms with Gasteiger partial charge in [0.1, 0.15) is 0 Å². The van der Waals surface area contributed by atoms with E-state index in [0.717, 1.165) is 4.88 Å². The number of carbonyl (C=O) groups excluding carboxylic acids is 1. The first-order chi connectivity index (χ1) is 9.16. The van der Waals surface area contributed by atoms with Gasteiger partial charge in [-0.05, 0) is 23.9 Å². The summed E-state index contributed by atoms with van der Waals surface area (Å²) >= 11 is 1.59. The lowest BCUT2D eigenvalue weighted by atomic mass is 10.2. The van der Waals surface area contributed by atoms with Gasteiger partial charge in [0.2, 0.25) is 5.91 Å². The lowest BCUT2D eigenvalue weighted by Gasteiger charge is -2.07. The van der Waals surface area contributed by atoms with E-state index in [-0.39, 0.29) is 17.2 Å². The van der Waals surface area contributed by atoms with Gasteiger partial charge in [-0.1, -0.05) is 6.07 Å². The Morgan fingerprint density at radius 2 is 2.21 bits per heavy atom. The first-order valence-electron chi connectivity index (χ1n) is 5.66. The Kier molecular flexibility index (Phi) is 4.25. The molecule has 98 valence electrons. The molecule has 19 heavy (non-hydrogen) atoms. The second-order valence-corrected chi connectivity index (χ2v) is 4.89. The Labute approximate surface area is 113 Å². The van der Waals surface area contributed by atoms with Crippen molar-refractivity contribution in [2.24, 2.45) is 0 Å². The number of carboxylic acid groups (broad SMARTS) is 1. The van der Waals surface area contributed by atoms with Crippen molar-refractivity contribution in [1.29, 1.82) is 0 Å². The van der Waals surface area contributed by atoms with E-state index in [1.807, 2.05) is 17.5 Å². The van der Waals surface area contributed by atoms with E-state index in [1.54, 1.807) is 11.3 Å². The number of aromatic nitrogens is 1. The Hall–Kier alpha value is -2.21. The summed E-state index contributed by atoms with van der Waals surface area (Å²) in [5, 5.41) is 13.5. The number of amides is 1. The summed E-state index contributed by atoms with van der Waals surface area (Å²) in [6.45, 7) is 0. The highest BCUT2D eigenvalue weighted by atomic mass is 32.1. The molecule has 0 spiro atoms. The second kappa shape index (κ2) is 6.10. The summed E-state index contributed by atoms with van der Waals surface area (Å²) in [6.07, 6.45) is 3.68. The van der Waals surface area contributed by atoms with E-state index in [2.05, 4.69) is 10.3 Å². The van der Waals surface area contributed by atoms with Crippen LogP contribution in [0.25, 0.3) is 0 Å². The summed E-state index contributed by atoms with van der Waals surface area (Å²) in [5.74, 6) is -1.31. The van der Waals surface area contributed by atoms with Crippen LogP contribution in [0.15, 0.2) is 36.0 Å². The van der Waals surface area contributed by atoms with Crippen LogP contribution >= 0.6 is 11.3 Å². The third kappa shape index (κ3) is 3.62. The van der Waals surface area contributed by atoms with Gasteiger partial charge < -0.3 is 10.4 Å². The van der Waals surface area contributed by atoms with Crippen LogP contribution in [0.3, 0.4) is 0 Å². The third-order valence-corrected chi connectivity index (χ3v) is 3.44. The highest BCUT2D eigenvalue weighted by Crippen LogP contribution is 2.15. The summed E-state index contributed by atoms with van der Waals surface area (Å²) in [4.78, 5) is 27.7. The molecule has 0 atom stereocenters. The van der Waals surface area contributed by atoms with Gasteiger partial charge >= 0.3 is 5.97 Å². The molecular formula is C13H12N2O3S. The van der Waals surface area contributed by atoms with Gasteiger partial charge in [-0.3, -0.25) is 9.78 Å². The highest BCUT2D eigenvalue weighted by molar-refractivity contribution is 7.09. The number of pyridine rings is 1. The maximum absolute atomic E-state index is 11.8. The van der Waals surface area contributed by atoms with Gasteiger partial charge in [-0.2, -0.15) is 0 Å². The minimum Gasteiger partial charge on any atom is -0.478 e. The van der Waals surface area contributed by atoms with Crippen molar-refractivity contribution in [1.82, 2.24) is 4.98 Å². The SMILES string of the molecule is O=C(CCc1cccs1)Nc1cnccc1C(=O)O. The van der Waals surface area contributed by atoms with E-state index in [4.69, 9.17) is 5.11 Å². The van der Waals surface area contributed by atoms with Crippen molar-refractivity contribution in [3.8, 4) is 0 Å². The summed E-state index contributed by atoms with van der Waals surface area (Å²) in [6, 6.07) is 5.25. The Morgan fingerprint density at radius 1 is 1.37 bits per heavy atom. The van der Waals surface area contributed by atoms with Gasteiger partial charge in [-0.25, -0.2) is 4.79 Å². The van der Waals surface area contributed by atoms with Crippen molar-refractivity contribution >= 4 is 28.9 Å². The van der Waals surface area contributed by atoms with Gasteiger partial charge in [0.25, 0.3) is 0 Å². The number of carboxylic acids is 1. The Balaban J connectivity index is 1.97. The molecular weight excluding hydrogens is 264 g/mol. The van der Waals surface area contributed by atoms with Crippen molar-refractivity contribution in [3.05, 3.63) is 46.4 Å². The second-order valence-electron chi connectivity index (χ2n) is 3.85. The number of rotatable bonds is 5. The average Bonchev–Trinajstić information content (AvgIpc) is 2.90. The van der Waals surface area contributed by atoms with E-state index in [0.29, 0.717) is 12.8 Å².